The normalized spacial score (nSPS) is 18.2. The van der Waals surface area contributed by atoms with Gasteiger partial charge in [-0.2, -0.15) is 13.2 Å². The molecule has 0 radical (unpaired) electrons. The Kier molecular flexibility index (Phi) is 12.8. The number of primary amides is 1. The number of amides is 2. The minimum Gasteiger partial charge on any atom is -0.391 e. The highest BCUT2D eigenvalue weighted by molar-refractivity contribution is 5.97. The quantitative estimate of drug-likeness (QED) is 0.196. The summed E-state index contributed by atoms with van der Waals surface area (Å²) in [5.41, 5.74) is 8.38. The second kappa shape index (κ2) is 16.1. The van der Waals surface area contributed by atoms with Crippen molar-refractivity contribution in [1.82, 2.24) is 20.7 Å². The average Bonchev–Trinajstić information content (AvgIpc) is 3.40. The minimum absolute atomic E-state index is 0.0363. The van der Waals surface area contributed by atoms with Gasteiger partial charge in [0.25, 0.3) is 5.91 Å². The first-order valence-corrected chi connectivity index (χ1v) is 15.3. The standard InChI is InChI=1S/C33H46F3N5O3/c1-4-6-7-8-12-18-40(3)30(43)28-21-32(31(37)44,39-41(28)5-2)27(20-24-14-10-9-11-15-24)29(42)23-38-22-25-16-13-17-26(19-25)33(34,35)36/h9-11,13-17,19,21,27,29,38-39,42H,4-8,12,18,20,22-23H2,1-3H3,(H2,37,44)/t27-,29+,32?/m1/s1. The number of hydrazine groups is 1. The fraction of sp³-hybridized carbons (Fsp3) is 0.515. The number of carbonyl (C=O) groups is 2. The van der Waals surface area contributed by atoms with Crippen molar-refractivity contribution in [3.8, 4) is 0 Å². The van der Waals surface area contributed by atoms with Gasteiger partial charge in [0.1, 0.15) is 11.2 Å². The average molecular weight is 618 g/mol. The summed E-state index contributed by atoms with van der Waals surface area (Å²) in [7, 11) is 1.73. The van der Waals surface area contributed by atoms with E-state index in [0.717, 1.165) is 49.8 Å². The third-order valence-electron chi connectivity index (χ3n) is 8.15. The van der Waals surface area contributed by atoms with Gasteiger partial charge >= 0.3 is 6.18 Å². The maximum absolute atomic E-state index is 13.6. The number of nitrogens with one attached hydrogen (secondary N) is 2. The number of unbranched alkanes of at least 4 members (excludes halogenated alkanes) is 4. The largest absolute Gasteiger partial charge is 0.416 e. The molecule has 3 atom stereocenters. The molecule has 3 rings (SSSR count). The first kappa shape index (κ1) is 35.1. The molecule has 11 heteroatoms. The van der Waals surface area contributed by atoms with Crippen molar-refractivity contribution in [2.24, 2.45) is 11.7 Å². The monoisotopic (exact) mass is 617 g/mol. The molecular weight excluding hydrogens is 571 g/mol. The Morgan fingerprint density at radius 3 is 2.36 bits per heavy atom. The molecule has 0 spiro atoms. The zero-order valence-corrected chi connectivity index (χ0v) is 25.9. The summed E-state index contributed by atoms with van der Waals surface area (Å²) in [5, 5.41) is 16.2. The molecule has 0 saturated heterocycles. The molecule has 1 heterocycles. The zero-order chi connectivity index (χ0) is 32.3. The molecule has 5 N–H and O–H groups in total. The van der Waals surface area contributed by atoms with E-state index in [4.69, 9.17) is 5.73 Å². The van der Waals surface area contributed by atoms with Gasteiger partial charge in [-0.1, -0.05) is 81.1 Å². The van der Waals surface area contributed by atoms with E-state index in [1.165, 1.54) is 6.07 Å². The smallest absolute Gasteiger partial charge is 0.391 e. The summed E-state index contributed by atoms with van der Waals surface area (Å²) in [5.74, 6) is -1.83. The molecule has 1 aliphatic heterocycles. The Morgan fingerprint density at radius 2 is 1.73 bits per heavy atom. The number of likely N-dealkylation sites (N-methyl/N-ethyl adjacent to an activating group) is 2. The molecule has 8 nitrogen and oxygen atoms in total. The maximum Gasteiger partial charge on any atom is 0.416 e. The Bertz CT molecular complexity index is 1260. The summed E-state index contributed by atoms with van der Waals surface area (Å²) in [4.78, 5) is 28.5. The predicted octanol–water partition coefficient (Wildman–Crippen LogP) is 4.39. The van der Waals surface area contributed by atoms with Gasteiger partial charge in [0, 0.05) is 39.1 Å². The topological polar surface area (TPSA) is 111 Å². The number of nitrogens with two attached hydrogens (primary N) is 1. The SMILES string of the molecule is CCCCCCCN(C)C(=O)C1=CC(C(N)=O)([C@H](Cc2ccccc2)[C@@H](O)CNCc2cccc(C(F)(F)F)c2)NN1CC. The predicted molar refractivity (Wildman–Crippen MR) is 165 cm³/mol. The van der Waals surface area contributed by atoms with Crippen molar-refractivity contribution in [3.63, 3.8) is 0 Å². The van der Waals surface area contributed by atoms with Crippen molar-refractivity contribution in [2.45, 2.75) is 76.7 Å². The van der Waals surface area contributed by atoms with Crippen LogP contribution in [0.3, 0.4) is 0 Å². The van der Waals surface area contributed by atoms with Crippen LogP contribution < -0.4 is 16.5 Å². The van der Waals surface area contributed by atoms with E-state index in [1.54, 1.807) is 29.1 Å². The summed E-state index contributed by atoms with van der Waals surface area (Å²) in [6.07, 6.45) is 1.42. The van der Waals surface area contributed by atoms with Crippen molar-refractivity contribution in [3.05, 3.63) is 83.1 Å². The van der Waals surface area contributed by atoms with Gasteiger partial charge in [-0.3, -0.25) is 9.59 Å². The van der Waals surface area contributed by atoms with Crippen LogP contribution in [0.25, 0.3) is 0 Å². The van der Waals surface area contributed by atoms with E-state index in [2.05, 4.69) is 17.7 Å². The number of halogens is 3. The highest BCUT2D eigenvalue weighted by atomic mass is 19.4. The van der Waals surface area contributed by atoms with Crippen LogP contribution in [0.2, 0.25) is 0 Å². The summed E-state index contributed by atoms with van der Waals surface area (Å²) < 4.78 is 39.5. The van der Waals surface area contributed by atoms with E-state index in [-0.39, 0.29) is 31.1 Å². The number of hydrogen-bond acceptors (Lipinski definition) is 6. The Hall–Kier alpha value is -3.41. The lowest BCUT2D eigenvalue weighted by molar-refractivity contribution is -0.137. The van der Waals surface area contributed by atoms with Crippen molar-refractivity contribution < 1.29 is 27.9 Å². The van der Waals surface area contributed by atoms with Crippen LogP contribution in [0, 0.1) is 5.92 Å². The molecule has 1 unspecified atom stereocenters. The summed E-state index contributed by atoms with van der Waals surface area (Å²) >= 11 is 0. The number of alkyl halides is 3. The fourth-order valence-electron chi connectivity index (χ4n) is 5.62. The van der Waals surface area contributed by atoms with E-state index < -0.39 is 35.2 Å². The molecule has 0 bridgehead atoms. The molecule has 1 aliphatic rings. The molecular formula is C33H46F3N5O3. The van der Waals surface area contributed by atoms with Crippen LogP contribution in [-0.2, 0) is 28.7 Å². The number of hydrogen-bond donors (Lipinski definition) is 4. The lowest BCUT2D eigenvalue weighted by atomic mass is 9.76. The van der Waals surface area contributed by atoms with Crippen LogP contribution in [0.5, 0.6) is 0 Å². The van der Waals surface area contributed by atoms with Crippen LogP contribution in [-0.4, -0.2) is 65.2 Å². The minimum atomic E-state index is -4.46. The molecule has 0 aliphatic carbocycles. The molecule has 0 saturated carbocycles. The van der Waals surface area contributed by atoms with Gasteiger partial charge in [0.2, 0.25) is 5.91 Å². The number of benzene rings is 2. The van der Waals surface area contributed by atoms with Crippen LogP contribution >= 0.6 is 0 Å². The van der Waals surface area contributed by atoms with E-state index >= 15 is 0 Å². The van der Waals surface area contributed by atoms with Gasteiger partial charge < -0.3 is 26.1 Å². The third-order valence-corrected chi connectivity index (χ3v) is 8.15. The Labute approximate surface area is 258 Å². The molecule has 0 fully saturated rings. The zero-order valence-electron chi connectivity index (χ0n) is 25.9. The van der Waals surface area contributed by atoms with Gasteiger partial charge in [0.05, 0.1) is 11.7 Å². The van der Waals surface area contributed by atoms with Gasteiger partial charge in [-0.15, -0.1) is 0 Å². The molecule has 2 amide bonds. The third kappa shape index (κ3) is 9.06. The Morgan fingerprint density at radius 1 is 1.05 bits per heavy atom. The molecule has 242 valence electrons. The van der Waals surface area contributed by atoms with Gasteiger partial charge in [-0.05, 0) is 43.0 Å². The van der Waals surface area contributed by atoms with Gasteiger partial charge in [0.15, 0.2) is 0 Å². The van der Waals surface area contributed by atoms with Crippen molar-refractivity contribution in [2.75, 3.05) is 26.7 Å². The van der Waals surface area contributed by atoms with Gasteiger partial charge in [-0.25, -0.2) is 5.43 Å². The first-order valence-electron chi connectivity index (χ1n) is 15.3. The molecule has 44 heavy (non-hydrogen) atoms. The lowest BCUT2D eigenvalue weighted by Crippen LogP contribution is -2.63. The molecule has 2 aromatic rings. The lowest BCUT2D eigenvalue weighted by Gasteiger charge is -2.38. The fourth-order valence-corrected chi connectivity index (χ4v) is 5.62. The second-order valence-corrected chi connectivity index (χ2v) is 11.5. The molecule has 2 aromatic carbocycles. The van der Waals surface area contributed by atoms with Crippen molar-refractivity contribution >= 4 is 11.8 Å². The van der Waals surface area contributed by atoms with E-state index in [1.807, 2.05) is 37.3 Å². The van der Waals surface area contributed by atoms with E-state index in [0.29, 0.717) is 18.7 Å². The maximum atomic E-state index is 13.6. The van der Waals surface area contributed by atoms with Crippen LogP contribution in [0.15, 0.2) is 66.4 Å². The first-order chi connectivity index (χ1) is 20.9. The van der Waals surface area contributed by atoms with E-state index in [9.17, 15) is 27.9 Å². The number of carbonyl (C=O) groups excluding carboxylic acids is 2. The number of rotatable bonds is 17. The Balaban J connectivity index is 1.86. The summed E-state index contributed by atoms with van der Waals surface area (Å²) in [6.45, 7) is 4.95. The van der Waals surface area contributed by atoms with Crippen LogP contribution in [0.4, 0.5) is 13.2 Å². The molecule has 0 aromatic heterocycles. The highest BCUT2D eigenvalue weighted by Gasteiger charge is 2.52. The second-order valence-electron chi connectivity index (χ2n) is 11.5. The van der Waals surface area contributed by atoms with Crippen LogP contribution in [0.1, 0.15) is 62.6 Å². The number of aliphatic hydroxyl groups excluding tert-OH is 1. The van der Waals surface area contributed by atoms with Crippen molar-refractivity contribution in [1.29, 1.82) is 0 Å². The number of aliphatic hydroxyl groups is 1. The number of nitrogens with zero attached hydrogens (tertiary/aromatic N) is 2. The summed E-state index contributed by atoms with van der Waals surface area (Å²) in [6, 6.07) is 14.3. The highest BCUT2D eigenvalue weighted by Crippen LogP contribution is 2.34.